The highest BCUT2D eigenvalue weighted by Crippen LogP contribution is 2.20. The van der Waals surface area contributed by atoms with E-state index in [4.69, 9.17) is 5.26 Å². The first kappa shape index (κ1) is 10.2. The molecule has 0 unspecified atom stereocenters. The smallest absolute Gasteiger partial charge is 0.192 e. The highest BCUT2D eigenvalue weighted by Gasteiger charge is 2.13. The van der Waals surface area contributed by atoms with Gasteiger partial charge in [-0.25, -0.2) is 0 Å². The first-order chi connectivity index (χ1) is 5.93. The van der Waals surface area contributed by atoms with Crippen molar-refractivity contribution in [1.29, 1.82) is 5.26 Å². The molecule has 68 valence electrons. The van der Waals surface area contributed by atoms with Gasteiger partial charge >= 0.3 is 10.2 Å². The Hall–Kier alpha value is -0.930. The molecule has 0 saturated carbocycles. The molecule has 1 aromatic rings. The number of nitrogens with zero attached hydrogens (tertiary/aromatic N) is 1. The number of halogens is 2. The lowest BCUT2D eigenvalue weighted by molar-refractivity contribution is 0.552. The molecule has 0 heterocycles. The van der Waals surface area contributed by atoms with E-state index in [0.717, 1.165) is 12.1 Å². The Morgan fingerprint density at radius 3 is 2.46 bits per heavy atom. The number of rotatable bonds is 1. The van der Waals surface area contributed by atoms with Gasteiger partial charge in [0.2, 0.25) is 0 Å². The number of nitriles is 1. The monoisotopic (exact) mass is 263 g/mol. The summed E-state index contributed by atoms with van der Waals surface area (Å²) in [6, 6.07) is 5.18. The molecule has 0 aliphatic rings. The van der Waals surface area contributed by atoms with Gasteiger partial charge < -0.3 is 0 Å². The van der Waals surface area contributed by atoms with Crippen molar-refractivity contribution in [2.24, 2.45) is 0 Å². The zero-order valence-electron chi connectivity index (χ0n) is 6.16. The molecule has 0 aromatic heterocycles. The lowest BCUT2D eigenvalue weighted by atomic mass is 10.2. The molecule has 3 nitrogen and oxygen atoms in total. The van der Waals surface area contributed by atoms with Crippen LogP contribution in [0.4, 0.5) is 3.89 Å². The molecule has 6 heteroatoms. The topological polar surface area (TPSA) is 57.9 Å². The Morgan fingerprint density at radius 2 is 2.00 bits per heavy atom. The van der Waals surface area contributed by atoms with Crippen LogP contribution in [0.15, 0.2) is 27.6 Å². The second-order valence-electron chi connectivity index (χ2n) is 2.23. The van der Waals surface area contributed by atoms with Crippen LogP contribution in [0.25, 0.3) is 0 Å². The van der Waals surface area contributed by atoms with Crippen LogP contribution in [-0.4, -0.2) is 8.42 Å². The molecule has 0 N–H and O–H groups in total. The molecule has 1 rings (SSSR count). The lowest BCUT2D eigenvalue weighted by Crippen LogP contribution is -1.92. The highest BCUT2D eigenvalue weighted by atomic mass is 79.9. The molecule has 0 aliphatic heterocycles. The van der Waals surface area contributed by atoms with Crippen LogP contribution in [0.5, 0.6) is 0 Å². The molecule has 0 atom stereocenters. The van der Waals surface area contributed by atoms with Gasteiger partial charge in [-0.15, -0.1) is 3.89 Å². The van der Waals surface area contributed by atoms with E-state index in [1.807, 2.05) is 0 Å². The van der Waals surface area contributed by atoms with Crippen molar-refractivity contribution in [2.45, 2.75) is 4.90 Å². The fourth-order valence-electron chi connectivity index (χ4n) is 0.768. The van der Waals surface area contributed by atoms with E-state index in [9.17, 15) is 12.3 Å². The summed E-state index contributed by atoms with van der Waals surface area (Å²) in [5, 5.41) is 8.46. The molecule has 0 amide bonds. The summed E-state index contributed by atoms with van der Waals surface area (Å²) in [6.45, 7) is 0. The summed E-state index contributed by atoms with van der Waals surface area (Å²) < 4.78 is 33.7. The third-order valence-corrected chi connectivity index (χ3v) is 2.54. The van der Waals surface area contributed by atoms with Gasteiger partial charge in [0.05, 0.1) is 11.6 Å². The molecule has 0 aliphatic carbocycles. The maximum atomic E-state index is 12.5. The summed E-state index contributed by atoms with van der Waals surface area (Å²) >= 11 is 2.96. The fraction of sp³-hybridized carbons (Fsp3) is 0. The molecule has 0 radical (unpaired) electrons. The zero-order chi connectivity index (χ0) is 10.1. The van der Waals surface area contributed by atoms with Gasteiger partial charge in [0.25, 0.3) is 0 Å². The van der Waals surface area contributed by atoms with Crippen LogP contribution >= 0.6 is 15.9 Å². The van der Waals surface area contributed by atoms with Crippen LogP contribution in [0.3, 0.4) is 0 Å². The van der Waals surface area contributed by atoms with Gasteiger partial charge in [0.1, 0.15) is 4.90 Å². The normalized spacial score (nSPS) is 10.8. The lowest BCUT2D eigenvalue weighted by Gasteiger charge is -1.96. The van der Waals surface area contributed by atoms with E-state index < -0.39 is 15.1 Å². The minimum atomic E-state index is -4.74. The first-order valence-electron chi connectivity index (χ1n) is 3.09. The summed E-state index contributed by atoms with van der Waals surface area (Å²) in [5.41, 5.74) is 0.0885. The quantitative estimate of drug-likeness (QED) is 0.728. The minimum absolute atomic E-state index is 0.0885. The van der Waals surface area contributed by atoms with E-state index in [-0.39, 0.29) is 5.56 Å². The van der Waals surface area contributed by atoms with Crippen molar-refractivity contribution in [2.75, 3.05) is 0 Å². The maximum absolute atomic E-state index is 12.5. The van der Waals surface area contributed by atoms with Crippen LogP contribution in [0.1, 0.15) is 5.56 Å². The Kier molecular flexibility index (Phi) is 2.68. The number of hydrogen-bond acceptors (Lipinski definition) is 3. The predicted molar refractivity (Wildman–Crippen MR) is 47.2 cm³/mol. The van der Waals surface area contributed by atoms with Gasteiger partial charge in [0, 0.05) is 4.47 Å². The van der Waals surface area contributed by atoms with Gasteiger partial charge in [-0.2, -0.15) is 13.7 Å². The Labute approximate surface area is 83.1 Å². The molecular formula is C7H3BrFNO2S. The van der Waals surface area contributed by atoms with Crippen molar-refractivity contribution in [3.05, 3.63) is 28.2 Å². The largest absolute Gasteiger partial charge is 0.332 e. The number of hydrogen-bond donors (Lipinski definition) is 0. The highest BCUT2D eigenvalue weighted by molar-refractivity contribution is 9.10. The van der Waals surface area contributed by atoms with Crippen LogP contribution < -0.4 is 0 Å². The summed E-state index contributed by atoms with van der Waals surface area (Å²) in [6.07, 6.45) is 0. The second-order valence-corrected chi connectivity index (χ2v) is 4.49. The zero-order valence-corrected chi connectivity index (χ0v) is 8.56. The van der Waals surface area contributed by atoms with E-state index in [2.05, 4.69) is 15.9 Å². The molecular weight excluding hydrogens is 261 g/mol. The molecule has 0 saturated heterocycles. The Balaban J connectivity index is 3.44. The molecule has 0 spiro atoms. The second kappa shape index (κ2) is 3.44. The predicted octanol–water partition coefficient (Wildman–Crippen LogP) is 1.98. The molecule has 1 aromatic carbocycles. The van der Waals surface area contributed by atoms with E-state index in [1.54, 1.807) is 6.07 Å². The van der Waals surface area contributed by atoms with E-state index in [1.165, 1.54) is 6.07 Å². The minimum Gasteiger partial charge on any atom is -0.192 e. The van der Waals surface area contributed by atoms with Gasteiger partial charge in [0.15, 0.2) is 0 Å². The summed E-state index contributed by atoms with van der Waals surface area (Å²) in [7, 11) is -4.74. The Bertz CT molecular complexity index is 478. The van der Waals surface area contributed by atoms with Crippen LogP contribution in [-0.2, 0) is 10.2 Å². The van der Waals surface area contributed by atoms with Crippen LogP contribution in [0.2, 0.25) is 0 Å². The van der Waals surface area contributed by atoms with Crippen molar-refractivity contribution < 1.29 is 12.3 Å². The van der Waals surface area contributed by atoms with Crippen molar-refractivity contribution >= 4 is 26.2 Å². The molecule has 0 bridgehead atoms. The average Bonchev–Trinajstić information content (AvgIpc) is 2.01. The third-order valence-electron chi connectivity index (χ3n) is 1.28. The number of benzene rings is 1. The van der Waals surface area contributed by atoms with Crippen molar-refractivity contribution in [3.8, 4) is 6.07 Å². The van der Waals surface area contributed by atoms with Crippen LogP contribution in [0, 0.1) is 11.3 Å². The summed E-state index contributed by atoms with van der Waals surface area (Å²) in [5.74, 6) is 0. The first-order valence-corrected chi connectivity index (χ1v) is 5.26. The molecule has 13 heavy (non-hydrogen) atoms. The van der Waals surface area contributed by atoms with Gasteiger partial charge in [-0.05, 0) is 18.2 Å². The standard InChI is InChI=1S/C7H3BrFNO2S/c8-6-1-5(4-10)2-7(3-6)13(9,11)12/h1-3H. The third kappa shape index (κ3) is 2.50. The van der Waals surface area contributed by atoms with E-state index >= 15 is 0 Å². The summed E-state index contributed by atoms with van der Waals surface area (Å²) in [4.78, 5) is -0.515. The fourth-order valence-corrected chi connectivity index (χ4v) is 1.95. The van der Waals surface area contributed by atoms with Crippen molar-refractivity contribution in [1.82, 2.24) is 0 Å². The van der Waals surface area contributed by atoms with Gasteiger partial charge in [-0.1, -0.05) is 15.9 Å². The van der Waals surface area contributed by atoms with E-state index in [0.29, 0.717) is 4.47 Å². The Morgan fingerprint density at radius 1 is 1.38 bits per heavy atom. The van der Waals surface area contributed by atoms with Crippen molar-refractivity contribution in [3.63, 3.8) is 0 Å². The SMILES string of the molecule is N#Cc1cc(Br)cc(S(=O)(=O)F)c1. The average molecular weight is 264 g/mol. The molecule has 0 fully saturated rings. The maximum Gasteiger partial charge on any atom is 0.332 e. The van der Waals surface area contributed by atoms with Gasteiger partial charge in [-0.3, -0.25) is 0 Å².